The van der Waals surface area contributed by atoms with E-state index in [1.54, 1.807) is 11.3 Å². The average Bonchev–Trinajstić information content (AvgIpc) is 3.01. The van der Waals surface area contributed by atoms with E-state index in [2.05, 4.69) is 23.1 Å². The number of aromatic nitrogens is 1. The van der Waals surface area contributed by atoms with Gasteiger partial charge in [-0.25, -0.2) is 4.98 Å². The van der Waals surface area contributed by atoms with E-state index in [-0.39, 0.29) is 0 Å². The molecule has 2 aliphatic rings. The molecule has 1 unspecified atom stereocenters. The number of thiazole rings is 1. The van der Waals surface area contributed by atoms with E-state index >= 15 is 0 Å². The first-order chi connectivity index (χ1) is 9.31. The number of carbonyl (C=O) groups excluding carboxylic acids is 1. The fourth-order valence-electron chi connectivity index (χ4n) is 2.82. The van der Waals surface area contributed by atoms with Gasteiger partial charge in [0.15, 0.2) is 0 Å². The van der Waals surface area contributed by atoms with Gasteiger partial charge in [0.2, 0.25) is 5.91 Å². The lowest BCUT2D eigenvalue weighted by Crippen LogP contribution is -2.29. The van der Waals surface area contributed by atoms with Crippen LogP contribution in [0.2, 0.25) is 0 Å². The van der Waals surface area contributed by atoms with Crippen LogP contribution in [0.1, 0.15) is 30.2 Å². The lowest BCUT2D eigenvalue weighted by Gasteiger charge is -2.15. The Morgan fingerprint density at radius 1 is 1.26 bits per heavy atom. The Morgan fingerprint density at radius 3 is 2.89 bits per heavy atom. The van der Waals surface area contributed by atoms with Crippen molar-refractivity contribution in [3.05, 3.63) is 29.3 Å². The third-order valence-electron chi connectivity index (χ3n) is 4.09. The molecule has 1 saturated heterocycles. The molecule has 1 aromatic heterocycles. The predicted octanol–water partition coefficient (Wildman–Crippen LogP) is 3.02. The lowest BCUT2D eigenvalue weighted by molar-refractivity contribution is -0.131. The van der Waals surface area contributed by atoms with Crippen LogP contribution in [0.4, 0.5) is 0 Å². The van der Waals surface area contributed by atoms with Crippen molar-refractivity contribution in [2.75, 3.05) is 13.1 Å². The molecule has 4 rings (SSSR count). The molecule has 1 atom stereocenters. The smallest absolute Gasteiger partial charge is 0.225 e. The van der Waals surface area contributed by atoms with Crippen LogP contribution in [-0.2, 0) is 4.79 Å². The fraction of sp³-hybridized carbons (Fsp3) is 0.467. The molecule has 19 heavy (non-hydrogen) atoms. The van der Waals surface area contributed by atoms with Crippen molar-refractivity contribution in [1.29, 1.82) is 0 Å². The van der Waals surface area contributed by atoms with Crippen LogP contribution < -0.4 is 0 Å². The standard InChI is InChI=1S/C15H16N2OS/c18-15(10-5-6-10)17-8-7-11(9-17)14-16-12-3-1-2-4-13(12)19-14/h1-4,10-11H,5-9H2. The van der Waals surface area contributed by atoms with E-state index in [0.717, 1.165) is 37.9 Å². The number of fused-ring (bicyclic) bond motifs is 1. The maximum atomic E-state index is 12.1. The monoisotopic (exact) mass is 272 g/mol. The number of carbonyl (C=O) groups is 1. The molecule has 1 saturated carbocycles. The van der Waals surface area contributed by atoms with Crippen LogP contribution in [0.5, 0.6) is 0 Å². The summed E-state index contributed by atoms with van der Waals surface area (Å²) < 4.78 is 1.25. The quantitative estimate of drug-likeness (QED) is 0.842. The number of hydrogen-bond acceptors (Lipinski definition) is 3. The van der Waals surface area contributed by atoms with Crippen molar-refractivity contribution in [2.24, 2.45) is 5.92 Å². The van der Waals surface area contributed by atoms with Crippen LogP contribution >= 0.6 is 11.3 Å². The minimum atomic E-state index is 0.342. The minimum absolute atomic E-state index is 0.342. The summed E-state index contributed by atoms with van der Waals surface area (Å²) >= 11 is 1.78. The maximum Gasteiger partial charge on any atom is 0.225 e. The first-order valence-corrected chi connectivity index (χ1v) is 7.77. The number of likely N-dealkylation sites (tertiary alicyclic amines) is 1. The molecule has 3 nitrogen and oxygen atoms in total. The highest BCUT2D eigenvalue weighted by molar-refractivity contribution is 7.18. The molecule has 0 N–H and O–H groups in total. The van der Waals surface area contributed by atoms with Gasteiger partial charge in [0.05, 0.1) is 15.2 Å². The summed E-state index contributed by atoms with van der Waals surface area (Å²) in [5.41, 5.74) is 1.09. The fourth-order valence-corrected chi connectivity index (χ4v) is 3.91. The molecule has 1 aromatic carbocycles. The Morgan fingerprint density at radius 2 is 2.11 bits per heavy atom. The van der Waals surface area contributed by atoms with Gasteiger partial charge in [-0.2, -0.15) is 0 Å². The van der Waals surface area contributed by atoms with Crippen LogP contribution in [0, 0.1) is 5.92 Å². The van der Waals surface area contributed by atoms with E-state index in [9.17, 15) is 4.79 Å². The Kier molecular flexibility index (Phi) is 2.58. The molecular formula is C15H16N2OS. The zero-order valence-electron chi connectivity index (χ0n) is 10.7. The SMILES string of the molecule is O=C(C1CC1)N1CCC(c2nc3ccccc3s2)C1. The Balaban J connectivity index is 1.55. The van der Waals surface area contributed by atoms with E-state index in [1.165, 1.54) is 9.71 Å². The van der Waals surface area contributed by atoms with Gasteiger partial charge in [-0.3, -0.25) is 4.79 Å². The Hall–Kier alpha value is -1.42. The molecule has 0 radical (unpaired) electrons. The van der Waals surface area contributed by atoms with Crippen LogP contribution in [0.25, 0.3) is 10.2 Å². The second-order valence-electron chi connectivity index (χ2n) is 5.56. The van der Waals surface area contributed by atoms with Crippen LogP contribution in [0.3, 0.4) is 0 Å². The average molecular weight is 272 g/mol. The van der Waals surface area contributed by atoms with Gasteiger partial charge in [-0.15, -0.1) is 11.3 Å². The van der Waals surface area contributed by atoms with E-state index < -0.39 is 0 Å². The molecular weight excluding hydrogens is 256 g/mol. The largest absolute Gasteiger partial charge is 0.342 e. The molecule has 98 valence electrons. The van der Waals surface area contributed by atoms with Crippen LogP contribution in [-0.4, -0.2) is 28.9 Å². The topological polar surface area (TPSA) is 33.2 Å². The van der Waals surface area contributed by atoms with Crippen molar-refractivity contribution in [3.63, 3.8) is 0 Å². The van der Waals surface area contributed by atoms with Crippen LogP contribution in [0.15, 0.2) is 24.3 Å². The third-order valence-corrected chi connectivity index (χ3v) is 5.29. The molecule has 4 heteroatoms. The molecule has 1 aliphatic heterocycles. The van der Waals surface area contributed by atoms with Gasteiger partial charge in [0.1, 0.15) is 0 Å². The molecule has 2 heterocycles. The summed E-state index contributed by atoms with van der Waals surface area (Å²) in [5.74, 6) is 1.16. The first-order valence-electron chi connectivity index (χ1n) is 6.95. The van der Waals surface area contributed by atoms with Crippen molar-refractivity contribution < 1.29 is 4.79 Å². The molecule has 1 aliphatic carbocycles. The van der Waals surface area contributed by atoms with Crippen molar-refractivity contribution in [2.45, 2.75) is 25.2 Å². The highest BCUT2D eigenvalue weighted by Gasteiger charge is 2.37. The Bertz CT molecular complexity index is 599. The normalized spacial score (nSPS) is 23.2. The summed E-state index contributed by atoms with van der Waals surface area (Å²) in [4.78, 5) is 18.8. The van der Waals surface area contributed by atoms with E-state index in [0.29, 0.717) is 17.7 Å². The molecule has 0 bridgehead atoms. The number of benzene rings is 1. The number of para-hydroxylation sites is 1. The third kappa shape index (κ3) is 2.04. The second kappa shape index (κ2) is 4.30. The molecule has 0 spiro atoms. The van der Waals surface area contributed by atoms with E-state index in [1.807, 2.05) is 6.07 Å². The zero-order chi connectivity index (χ0) is 12.8. The summed E-state index contributed by atoms with van der Waals surface area (Å²) in [5, 5.41) is 1.20. The number of amides is 1. The minimum Gasteiger partial charge on any atom is -0.342 e. The number of rotatable bonds is 2. The van der Waals surface area contributed by atoms with Gasteiger partial charge in [0.25, 0.3) is 0 Å². The van der Waals surface area contributed by atoms with Gasteiger partial charge in [0, 0.05) is 24.9 Å². The predicted molar refractivity (Wildman–Crippen MR) is 76.3 cm³/mol. The maximum absolute atomic E-state index is 12.1. The van der Waals surface area contributed by atoms with Crippen molar-refractivity contribution in [3.8, 4) is 0 Å². The van der Waals surface area contributed by atoms with E-state index in [4.69, 9.17) is 4.98 Å². The first kappa shape index (κ1) is 11.4. The lowest BCUT2D eigenvalue weighted by atomic mass is 10.1. The van der Waals surface area contributed by atoms with Crippen molar-refractivity contribution in [1.82, 2.24) is 9.88 Å². The summed E-state index contributed by atoms with van der Waals surface area (Å²) in [6.45, 7) is 1.78. The summed E-state index contributed by atoms with van der Waals surface area (Å²) in [6.07, 6.45) is 3.26. The van der Waals surface area contributed by atoms with Gasteiger partial charge in [-0.05, 0) is 31.4 Å². The highest BCUT2D eigenvalue weighted by atomic mass is 32.1. The van der Waals surface area contributed by atoms with Crippen molar-refractivity contribution >= 4 is 27.5 Å². The molecule has 2 aromatic rings. The highest BCUT2D eigenvalue weighted by Crippen LogP contribution is 2.37. The van der Waals surface area contributed by atoms with Gasteiger partial charge in [-0.1, -0.05) is 12.1 Å². The summed E-state index contributed by atoms with van der Waals surface area (Å²) in [7, 11) is 0. The van der Waals surface area contributed by atoms with Gasteiger partial charge >= 0.3 is 0 Å². The Labute approximate surface area is 116 Å². The number of nitrogens with zero attached hydrogens (tertiary/aromatic N) is 2. The van der Waals surface area contributed by atoms with Gasteiger partial charge < -0.3 is 4.90 Å². The summed E-state index contributed by atoms with van der Waals surface area (Å²) in [6, 6.07) is 8.28. The zero-order valence-corrected chi connectivity index (χ0v) is 11.5. The molecule has 1 amide bonds. The number of hydrogen-bond donors (Lipinski definition) is 0. The molecule has 2 fully saturated rings. The second-order valence-corrected chi connectivity index (χ2v) is 6.63.